The Hall–Kier alpha value is -1.97. The molecule has 0 fully saturated rings. The Morgan fingerprint density at radius 2 is 2.25 bits per heavy atom. The van der Waals surface area contributed by atoms with Gasteiger partial charge in [0, 0.05) is 18.3 Å². The van der Waals surface area contributed by atoms with Crippen LogP contribution >= 0.6 is 0 Å². The molecule has 20 heavy (non-hydrogen) atoms. The second kappa shape index (κ2) is 9.02. The van der Waals surface area contributed by atoms with E-state index in [-0.39, 0.29) is 12.5 Å². The lowest BCUT2D eigenvalue weighted by Gasteiger charge is -2.10. The van der Waals surface area contributed by atoms with Gasteiger partial charge in [-0.05, 0) is 24.5 Å². The van der Waals surface area contributed by atoms with Gasteiger partial charge in [0.25, 0.3) is 0 Å². The van der Waals surface area contributed by atoms with Crippen molar-refractivity contribution in [3.8, 4) is 5.75 Å². The van der Waals surface area contributed by atoms with Gasteiger partial charge in [-0.25, -0.2) is 0 Å². The number of rotatable bonds is 9. The van der Waals surface area contributed by atoms with E-state index in [9.17, 15) is 4.79 Å². The molecule has 4 nitrogen and oxygen atoms in total. The van der Waals surface area contributed by atoms with Crippen molar-refractivity contribution in [2.75, 3.05) is 25.0 Å². The molecule has 0 bridgehead atoms. The first-order chi connectivity index (χ1) is 9.61. The van der Waals surface area contributed by atoms with E-state index >= 15 is 0 Å². The number of ether oxygens (including phenoxy) is 1. The Morgan fingerprint density at radius 1 is 1.45 bits per heavy atom. The van der Waals surface area contributed by atoms with E-state index in [0.29, 0.717) is 19.1 Å². The second-order valence-corrected chi connectivity index (χ2v) is 5.01. The third-order valence-corrected chi connectivity index (χ3v) is 2.69. The van der Waals surface area contributed by atoms with Gasteiger partial charge in [-0.15, -0.1) is 6.58 Å². The Kier molecular flexibility index (Phi) is 7.25. The predicted molar refractivity (Wildman–Crippen MR) is 83.1 cm³/mol. The highest BCUT2D eigenvalue weighted by Crippen LogP contribution is 2.17. The minimum absolute atomic E-state index is 0.0592. The molecule has 1 amide bonds. The van der Waals surface area contributed by atoms with Crippen molar-refractivity contribution >= 4 is 11.6 Å². The number of benzene rings is 1. The maximum absolute atomic E-state index is 11.5. The van der Waals surface area contributed by atoms with Crippen LogP contribution in [0.15, 0.2) is 36.9 Å². The average Bonchev–Trinajstić information content (AvgIpc) is 2.43. The van der Waals surface area contributed by atoms with Gasteiger partial charge in [0.1, 0.15) is 5.75 Å². The van der Waals surface area contributed by atoms with Gasteiger partial charge in [0.2, 0.25) is 5.91 Å². The van der Waals surface area contributed by atoms with E-state index < -0.39 is 0 Å². The maximum Gasteiger partial charge on any atom is 0.239 e. The van der Waals surface area contributed by atoms with Crippen LogP contribution in [0, 0.1) is 5.92 Å². The summed E-state index contributed by atoms with van der Waals surface area (Å²) in [6.07, 6.45) is 2.68. The molecule has 4 heteroatoms. The summed E-state index contributed by atoms with van der Waals surface area (Å²) in [4.78, 5) is 11.5. The topological polar surface area (TPSA) is 50.4 Å². The van der Waals surface area contributed by atoms with Crippen molar-refractivity contribution in [2.24, 2.45) is 5.92 Å². The van der Waals surface area contributed by atoms with Crippen molar-refractivity contribution < 1.29 is 9.53 Å². The van der Waals surface area contributed by atoms with E-state index in [1.165, 1.54) is 0 Å². The van der Waals surface area contributed by atoms with E-state index in [0.717, 1.165) is 17.9 Å². The number of hydrogen-bond donors (Lipinski definition) is 2. The first kappa shape index (κ1) is 16.1. The zero-order chi connectivity index (χ0) is 14.8. The van der Waals surface area contributed by atoms with Gasteiger partial charge in [-0.2, -0.15) is 0 Å². The van der Waals surface area contributed by atoms with Crippen molar-refractivity contribution in [1.82, 2.24) is 5.32 Å². The zero-order valence-corrected chi connectivity index (χ0v) is 12.3. The Balaban J connectivity index is 2.39. The molecular formula is C16H24N2O2. The molecule has 1 aromatic carbocycles. The summed E-state index contributed by atoms with van der Waals surface area (Å²) in [5, 5.41) is 5.78. The molecule has 0 saturated carbocycles. The highest BCUT2D eigenvalue weighted by atomic mass is 16.5. The lowest BCUT2D eigenvalue weighted by atomic mass is 10.1. The van der Waals surface area contributed by atoms with Crippen LogP contribution in [0.5, 0.6) is 5.75 Å². The van der Waals surface area contributed by atoms with Crippen LogP contribution in [0.1, 0.15) is 20.3 Å². The summed E-state index contributed by atoms with van der Waals surface area (Å²) in [6.45, 7) is 9.32. The normalized spacial score (nSPS) is 10.2. The van der Waals surface area contributed by atoms with Crippen LogP contribution in [0.2, 0.25) is 0 Å². The van der Waals surface area contributed by atoms with Crippen LogP contribution < -0.4 is 15.4 Å². The van der Waals surface area contributed by atoms with Gasteiger partial charge in [0.15, 0.2) is 0 Å². The number of carbonyl (C=O) groups is 1. The summed E-state index contributed by atoms with van der Waals surface area (Å²) in [5.74, 6) is 1.39. The maximum atomic E-state index is 11.5. The van der Waals surface area contributed by atoms with Crippen molar-refractivity contribution in [2.45, 2.75) is 20.3 Å². The van der Waals surface area contributed by atoms with E-state index in [1.807, 2.05) is 24.3 Å². The SMILES string of the molecule is C=CCNC(=O)CNc1cccc(OCCC(C)C)c1. The predicted octanol–water partition coefficient (Wildman–Crippen LogP) is 2.83. The molecule has 0 unspecified atom stereocenters. The largest absolute Gasteiger partial charge is 0.494 e. The number of anilines is 1. The molecule has 2 N–H and O–H groups in total. The van der Waals surface area contributed by atoms with Crippen LogP contribution in [-0.2, 0) is 4.79 Å². The lowest BCUT2D eigenvalue weighted by molar-refractivity contribution is -0.119. The van der Waals surface area contributed by atoms with E-state index in [1.54, 1.807) is 6.08 Å². The van der Waals surface area contributed by atoms with Crippen LogP contribution in [-0.4, -0.2) is 25.6 Å². The van der Waals surface area contributed by atoms with Crippen molar-refractivity contribution in [3.05, 3.63) is 36.9 Å². The van der Waals surface area contributed by atoms with Crippen LogP contribution in [0.3, 0.4) is 0 Å². The molecule has 0 saturated heterocycles. The Bertz CT molecular complexity index is 430. The smallest absolute Gasteiger partial charge is 0.239 e. The van der Waals surface area contributed by atoms with Gasteiger partial charge >= 0.3 is 0 Å². The fourth-order valence-electron chi connectivity index (χ4n) is 1.54. The van der Waals surface area contributed by atoms with Crippen LogP contribution in [0.4, 0.5) is 5.69 Å². The molecule has 0 atom stereocenters. The number of carbonyl (C=O) groups excluding carboxylic acids is 1. The second-order valence-electron chi connectivity index (χ2n) is 5.01. The lowest BCUT2D eigenvalue weighted by Crippen LogP contribution is -2.29. The number of nitrogens with one attached hydrogen (secondary N) is 2. The zero-order valence-electron chi connectivity index (χ0n) is 12.3. The molecule has 1 aromatic rings. The van der Waals surface area contributed by atoms with Gasteiger partial charge in [-0.1, -0.05) is 26.0 Å². The summed E-state index contributed by atoms with van der Waals surface area (Å²) in [6, 6.07) is 7.65. The third kappa shape index (κ3) is 6.83. The molecule has 0 aliphatic carbocycles. The summed E-state index contributed by atoms with van der Waals surface area (Å²) in [7, 11) is 0. The molecular weight excluding hydrogens is 252 g/mol. The summed E-state index contributed by atoms with van der Waals surface area (Å²) < 4.78 is 5.68. The first-order valence-electron chi connectivity index (χ1n) is 6.96. The molecule has 1 rings (SSSR count). The molecule has 0 aromatic heterocycles. The summed E-state index contributed by atoms with van der Waals surface area (Å²) >= 11 is 0. The standard InChI is InChI=1S/C16H24N2O2/c1-4-9-17-16(19)12-18-14-6-5-7-15(11-14)20-10-8-13(2)3/h4-7,11,13,18H,1,8-10,12H2,2-3H3,(H,17,19). The molecule has 0 aliphatic heterocycles. The Morgan fingerprint density at radius 3 is 2.95 bits per heavy atom. The molecule has 0 spiro atoms. The molecule has 0 heterocycles. The van der Waals surface area contributed by atoms with Crippen LogP contribution in [0.25, 0.3) is 0 Å². The highest BCUT2D eigenvalue weighted by molar-refractivity contribution is 5.80. The average molecular weight is 276 g/mol. The van der Waals surface area contributed by atoms with Gasteiger partial charge in [0.05, 0.1) is 13.2 Å². The van der Waals surface area contributed by atoms with Crippen molar-refractivity contribution in [3.63, 3.8) is 0 Å². The molecule has 110 valence electrons. The summed E-state index contributed by atoms with van der Waals surface area (Å²) in [5.41, 5.74) is 0.876. The highest BCUT2D eigenvalue weighted by Gasteiger charge is 2.01. The minimum atomic E-state index is -0.0592. The van der Waals surface area contributed by atoms with E-state index in [4.69, 9.17) is 4.74 Å². The molecule has 0 radical (unpaired) electrons. The van der Waals surface area contributed by atoms with E-state index in [2.05, 4.69) is 31.1 Å². The first-order valence-corrected chi connectivity index (χ1v) is 6.96. The quantitative estimate of drug-likeness (QED) is 0.682. The van der Waals surface area contributed by atoms with Crippen molar-refractivity contribution in [1.29, 1.82) is 0 Å². The number of hydrogen-bond acceptors (Lipinski definition) is 3. The minimum Gasteiger partial charge on any atom is -0.494 e. The molecule has 0 aliphatic rings. The van der Waals surface area contributed by atoms with Gasteiger partial charge < -0.3 is 15.4 Å². The fraction of sp³-hybridized carbons (Fsp3) is 0.438. The third-order valence-electron chi connectivity index (χ3n) is 2.69. The number of amides is 1. The monoisotopic (exact) mass is 276 g/mol. The Labute approximate surface area is 121 Å². The van der Waals surface area contributed by atoms with Gasteiger partial charge in [-0.3, -0.25) is 4.79 Å². The fourth-order valence-corrected chi connectivity index (χ4v) is 1.54.